The van der Waals surface area contributed by atoms with Crippen LogP contribution < -0.4 is 10.7 Å². The van der Waals surface area contributed by atoms with Crippen LogP contribution in [-0.4, -0.2) is 46.9 Å². The highest BCUT2D eigenvalue weighted by Gasteiger charge is 2.26. The minimum atomic E-state index is -0.198. The van der Waals surface area contributed by atoms with Crippen LogP contribution in [0.15, 0.2) is 66.7 Å². The first-order chi connectivity index (χ1) is 15.0. The molecule has 2 N–H and O–H groups in total. The highest BCUT2D eigenvalue weighted by atomic mass is 16.2. The zero-order valence-corrected chi connectivity index (χ0v) is 18.0. The van der Waals surface area contributed by atoms with Crippen molar-refractivity contribution in [3.8, 4) is 0 Å². The van der Waals surface area contributed by atoms with Gasteiger partial charge >= 0.3 is 0 Å². The van der Waals surface area contributed by atoms with E-state index >= 15 is 0 Å². The van der Waals surface area contributed by atoms with E-state index in [1.807, 2.05) is 56.3 Å². The lowest BCUT2D eigenvalue weighted by atomic mass is 10.1. The van der Waals surface area contributed by atoms with Crippen LogP contribution in [0.3, 0.4) is 0 Å². The Morgan fingerprint density at radius 1 is 1.00 bits per heavy atom. The number of ketones is 1. The summed E-state index contributed by atoms with van der Waals surface area (Å²) in [7, 11) is 0. The number of rotatable bonds is 7. The average Bonchev–Trinajstić information content (AvgIpc) is 3.33. The Labute approximate surface area is 182 Å². The van der Waals surface area contributed by atoms with Crippen LogP contribution in [0.25, 0.3) is 0 Å². The molecule has 2 heterocycles. The predicted octanol–water partition coefficient (Wildman–Crippen LogP) is 3.86. The van der Waals surface area contributed by atoms with E-state index in [1.165, 1.54) is 0 Å². The van der Waals surface area contributed by atoms with E-state index in [1.54, 1.807) is 16.8 Å². The van der Waals surface area contributed by atoms with Crippen LogP contribution in [0.5, 0.6) is 0 Å². The topological polar surface area (TPSA) is 66.4 Å². The van der Waals surface area contributed by atoms with Gasteiger partial charge in [-0.2, -0.15) is 0 Å². The molecule has 4 rings (SSSR count). The third-order valence-electron chi connectivity index (χ3n) is 5.77. The average molecular weight is 417 g/mol. The third kappa shape index (κ3) is 4.86. The molecule has 0 bridgehead atoms. The summed E-state index contributed by atoms with van der Waals surface area (Å²) in [4.78, 5) is 27.7. The molecular formula is C25H28N4O2. The summed E-state index contributed by atoms with van der Waals surface area (Å²) in [6.45, 7) is 5.87. The van der Waals surface area contributed by atoms with Crippen LogP contribution >= 0.6 is 0 Å². The maximum absolute atomic E-state index is 13.0. The fourth-order valence-electron chi connectivity index (χ4n) is 4.13. The summed E-state index contributed by atoms with van der Waals surface area (Å²) >= 11 is 0. The second kappa shape index (κ2) is 9.18. The molecule has 1 fully saturated rings. The molecule has 3 aromatic rings. The minimum Gasteiger partial charge on any atom is -0.381 e. The summed E-state index contributed by atoms with van der Waals surface area (Å²) in [5.41, 5.74) is 6.83. The molecule has 0 spiro atoms. The van der Waals surface area contributed by atoms with Gasteiger partial charge in [-0.3, -0.25) is 24.6 Å². The standard InChI is InChI=1S/C25H28N4O2/c1-18-15-23(19(2)29(18)27-25(31)20-9-5-3-6-10-20)24(30)17-28-14-13-22(16-28)26-21-11-7-4-8-12-21/h3-12,15,22,26H,13-14,16-17H2,1-2H3,(H,27,31). The number of aromatic nitrogens is 1. The van der Waals surface area contributed by atoms with E-state index in [4.69, 9.17) is 0 Å². The first kappa shape index (κ1) is 20.9. The Morgan fingerprint density at radius 3 is 2.39 bits per heavy atom. The van der Waals surface area contributed by atoms with Crippen LogP contribution in [0, 0.1) is 13.8 Å². The van der Waals surface area contributed by atoms with Gasteiger partial charge in [0.25, 0.3) is 5.91 Å². The quantitative estimate of drug-likeness (QED) is 0.574. The number of likely N-dealkylation sites (tertiary alicyclic amines) is 1. The molecule has 2 aromatic carbocycles. The second-order valence-corrected chi connectivity index (χ2v) is 8.08. The first-order valence-electron chi connectivity index (χ1n) is 10.6. The number of Topliss-reactive ketones (excluding diaryl/α,β-unsaturated/α-hetero) is 1. The molecule has 0 aliphatic carbocycles. The van der Waals surface area contributed by atoms with Crippen molar-refractivity contribution in [2.45, 2.75) is 26.3 Å². The first-order valence-corrected chi connectivity index (χ1v) is 10.6. The van der Waals surface area contributed by atoms with Crippen molar-refractivity contribution < 1.29 is 9.59 Å². The number of para-hydroxylation sites is 1. The number of benzene rings is 2. The van der Waals surface area contributed by atoms with Gasteiger partial charge in [0, 0.05) is 47.3 Å². The van der Waals surface area contributed by atoms with Crippen molar-refractivity contribution >= 4 is 17.4 Å². The van der Waals surface area contributed by atoms with Gasteiger partial charge in [-0.05, 0) is 50.6 Å². The van der Waals surface area contributed by atoms with Crippen molar-refractivity contribution in [2.24, 2.45) is 0 Å². The van der Waals surface area contributed by atoms with Crippen molar-refractivity contribution in [1.82, 2.24) is 9.58 Å². The molecule has 31 heavy (non-hydrogen) atoms. The van der Waals surface area contributed by atoms with Gasteiger partial charge in [0.1, 0.15) is 0 Å². The third-order valence-corrected chi connectivity index (χ3v) is 5.77. The van der Waals surface area contributed by atoms with E-state index in [0.717, 1.165) is 36.6 Å². The van der Waals surface area contributed by atoms with Gasteiger partial charge in [-0.1, -0.05) is 36.4 Å². The lowest BCUT2D eigenvalue weighted by Crippen LogP contribution is -2.31. The Balaban J connectivity index is 1.38. The molecule has 0 saturated carbocycles. The van der Waals surface area contributed by atoms with Crippen LogP contribution in [0.2, 0.25) is 0 Å². The zero-order chi connectivity index (χ0) is 21.8. The van der Waals surface area contributed by atoms with Gasteiger partial charge in [-0.25, -0.2) is 0 Å². The summed E-state index contributed by atoms with van der Waals surface area (Å²) in [5, 5.41) is 3.54. The largest absolute Gasteiger partial charge is 0.381 e. The number of nitrogens with zero attached hydrogens (tertiary/aromatic N) is 2. The van der Waals surface area contributed by atoms with Crippen LogP contribution in [-0.2, 0) is 0 Å². The predicted molar refractivity (Wildman–Crippen MR) is 123 cm³/mol. The van der Waals surface area contributed by atoms with Crippen molar-refractivity contribution in [1.29, 1.82) is 0 Å². The molecular weight excluding hydrogens is 388 g/mol. The highest BCUT2D eigenvalue weighted by molar-refractivity contribution is 6.01. The number of amides is 1. The highest BCUT2D eigenvalue weighted by Crippen LogP contribution is 2.19. The molecule has 1 saturated heterocycles. The number of carbonyl (C=O) groups excluding carboxylic acids is 2. The molecule has 1 amide bonds. The molecule has 160 valence electrons. The SMILES string of the molecule is Cc1cc(C(=O)CN2CCC(Nc3ccccc3)C2)c(C)n1NC(=O)c1ccccc1. The fraction of sp³-hybridized carbons (Fsp3) is 0.280. The molecule has 1 aliphatic heterocycles. The Hall–Kier alpha value is -3.38. The Bertz CT molecular complexity index is 1060. The Kier molecular flexibility index (Phi) is 6.18. The number of hydrogen-bond acceptors (Lipinski definition) is 4. The number of aryl methyl sites for hydroxylation is 1. The Morgan fingerprint density at radius 2 is 1.68 bits per heavy atom. The van der Waals surface area contributed by atoms with Crippen molar-refractivity contribution in [3.63, 3.8) is 0 Å². The van der Waals surface area contributed by atoms with Gasteiger partial charge in [-0.15, -0.1) is 0 Å². The fourth-order valence-corrected chi connectivity index (χ4v) is 4.13. The minimum absolute atomic E-state index is 0.0775. The normalized spacial score (nSPS) is 16.3. The van der Waals surface area contributed by atoms with Gasteiger partial charge in [0.15, 0.2) is 5.78 Å². The van der Waals surface area contributed by atoms with E-state index < -0.39 is 0 Å². The number of nitrogens with one attached hydrogen (secondary N) is 2. The van der Waals surface area contributed by atoms with Crippen LogP contribution in [0.4, 0.5) is 5.69 Å². The molecule has 1 atom stereocenters. The summed E-state index contributed by atoms with van der Waals surface area (Å²) in [6.07, 6.45) is 1.01. The van der Waals surface area contributed by atoms with E-state index in [9.17, 15) is 9.59 Å². The molecule has 6 heteroatoms. The summed E-state index contributed by atoms with van der Waals surface area (Å²) < 4.78 is 1.70. The molecule has 0 radical (unpaired) electrons. The molecule has 1 aliphatic rings. The van der Waals surface area contributed by atoms with Gasteiger partial charge in [0.05, 0.1) is 6.54 Å². The number of carbonyl (C=O) groups is 2. The lowest BCUT2D eigenvalue weighted by molar-refractivity contribution is 0.0942. The zero-order valence-electron chi connectivity index (χ0n) is 18.0. The van der Waals surface area contributed by atoms with E-state index in [0.29, 0.717) is 23.7 Å². The molecule has 1 aromatic heterocycles. The second-order valence-electron chi connectivity index (χ2n) is 8.08. The van der Waals surface area contributed by atoms with E-state index in [2.05, 4.69) is 27.8 Å². The van der Waals surface area contributed by atoms with Gasteiger partial charge in [0.2, 0.25) is 0 Å². The monoisotopic (exact) mass is 416 g/mol. The smallest absolute Gasteiger partial charge is 0.270 e. The van der Waals surface area contributed by atoms with Crippen molar-refractivity contribution in [3.05, 3.63) is 89.2 Å². The summed E-state index contributed by atoms with van der Waals surface area (Å²) in [6, 6.07) is 21.4. The van der Waals surface area contributed by atoms with Gasteiger partial charge < -0.3 is 5.32 Å². The van der Waals surface area contributed by atoms with E-state index in [-0.39, 0.29) is 11.7 Å². The number of anilines is 1. The maximum atomic E-state index is 13.0. The molecule has 1 unspecified atom stereocenters. The number of hydrogen-bond donors (Lipinski definition) is 2. The van der Waals surface area contributed by atoms with Crippen LogP contribution in [0.1, 0.15) is 38.5 Å². The van der Waals surface area contributed by atoms with Crippen molar-refractivity contribution in [2.75, 3.05) is 30.4 Å². The maximum Gasteiger partial charge on any atom is 0.270 e. The lowest BCUT2D eigenvalue weighted by Gasteiger charge is -2.17. The summed E-state index contributed by atoms with van der Waals surface area (Å²) in [5.74, 6) is -0.121. The molecule has 6 nitrogen and oxygen atoms in total.